The summed E-state index contributed by atoms with van der Waals surface area (Å²) in [5.74, 6) is 1.81. The molecule has 0 aliphatic heterocycles. The predicted octanol–water partition coefficient (Wildman–Crippen LogP) is 5.28. The third kappa shape index (κ3) is 3.88. The number of para-hydroxylation sites is 1. The highest BCUT2D eigenvalue weighted by atomic mass is 35.5. The molecule has 0 saturated heterocycles. The van der Waals surface area contributed by atoms with E-state index in [1.807, 2.05) is 24.3 Å². The summed E-state index contributed by atoms with van der Waals surface area (Å²) in [7, 11) is 1.63. The minimum Gasteiger partial charge on any atom is -0.497 e. The molecule has 7 heteroatoms. The van der Waals surface area contributed by atoms with Crippen LogP contribution in [0.3, 0.4) is 0 Å². The van der Waals surface area contributed by atoms with Crippen LogP contribution in [0.5, 0.6) is 5.75 Å². The molecule has 0 saturated carbocycles. The molecule has 0 amide bonds. The molecule has 2 N–H and O–H groups in total. The summed E-state index contributed by atoms with van der Waals surface area (Å²) in [6, 6.07) is 14.5. The van der Waals surface area contributed by atoms with Crippen LogP contribution in [0.1, 0.15) is 0 Å². The largest absolute Gasteiger partial charge is 0.497 e. The van der Waals surface area contributed by atoms with Crippen molar-refractivity contribution in [2.75, 3.05) is 17.7 Å². The smallest absolute Gasteiger partial charge is 0.229 e. The Bertz CT molecular complexity index is 820. The molecule has 0 radical (unpaired) electrons. The Balaban J connectivity index is 1.78. The second-order valence-electron chi connectivity index (χ2n) is 4.84. The molecule has 122 valence electrons. The molecular formula is C17H14Cl2N4O. The lowest BCUT2D eigenvalue weighted by Gasteiger charge is -2.11. The molecule has 24 heavy (non-hydrogen) atoms. The first-order valence-electron chi connectivity index (χ1n) is 7.11. The van der Waals surface area contributed by atoms with E-state index in [1.165, 1.54) is 0 Å². The van der Waals surface area contributed by atoms with Crippen LogP contribution in [0.4, 0.5) is 23.1 Å². The van der Waals surface area contributed by atoms with Crippen LogP contribution in [0.25, 0.3) is 0 Å². The van der Waals surface area contributed by atoms with Crippen molar-refractivity contribution in [1.29, 1.82) is 0 Å². The van der Waals surface area contributed by atoms with E-state index in [1.54, 1.807) is 37.6 Å². The molecule has 0 fully saturated rings. The van der Waals surface area contributed by atoms with E-state index in [0.29, 0.717) is 27.5 Å². The van der Waals surface area contributed by atoms with Gasteiger partial charge in [0.15, 0.2) is 0 Å². The predicted molar refractivity (Wildman–Crippen MR) is 98.1 cm³/mol. The Hall–Kier alpha value is -2.50. The summed E-state index contributed by atoms with van der Waals surface area (Å²) in [6.07, 6.45) is 1.64. The normalized spacial score (nSPS) is 10.3. The molecule has 1 heterocycles. The van der Waals surface area contributed by atoms with Gasteiger partial charge in [0.2, 0.25) is 5.95 Å². The van der Waals surface area contributed by atoms with Gasteiger partial charge >= 0.3 is 0 Å². The van der Waals surface area contributed by atoms with E-state index >= 15 is 0 Å². The zero-order chi connectivity index (χ0) is 16.9. The highest BCUT2D eigenvalue weighted by molar-refractivity contribution is 6.39. The number of methoxy groups -OCH3 is 1. The van der Waals surface area contributed by atoms with E-state index in [9.17, 15) is 0 Å². The molecule has 0 bridgehead atoms. The van der Waals surface area contributed by atoms with Crippen LogP contribution < -0.4 is 15.4 Å². The van der Waals surface area contributed by atoms with Crippen LogP contribution in [0.15, 0.2) is 54.7 Å². The van der Waals surface area contributed by atoms with Crippen molar-refractivity contribution in [2.45, 2.75) is 0 Å². The molecule has 5 nitrogen and oxygen atoms in total. The zero-order valence-corrected chi connectivity index (χ0v) is 14.3. The fourth-order valence-corrected chi connectivity index (χ4v) is 2.53. The fourth-order valence-electron chi connectivity index (χ4n) is 2.04. The maximum atomic E-state index is 6.16. The summed E-state index contributed by atoms with van der Waals surface area (Å²) in [4.78, 5) is 8.61. The zero-order valence-electron chi connectivity index (χ0n) is 12.8. The van der Waals surface area contributed by atoms with E-state index in [-0.39, 0.29) is 0 Å². The number of nitrogens with zero attached hydrogens (tertiary/aromatic N) is 2. The van der Waals surface area contributed by atoms with Gasteiger partial charge in [-0.3, -0.25) is 0 Å². The number of hydrogen-bond donors (Lipinski definition) is 2. The van der Waals surface area contributed by atoms with Gasteiger partial charge in [-0.1, -0.05) is 29.3 Å². The molecule has 0 atom stereocenters. The second-order valence-corrected chi connectivity index (χ2v) is 5.66. The number of halogens is 2. The van der Waals surface area contributed by atoms with Crippen molar-refractivity contribution >= 4 is 46.3 Å². The molecular weight excluding hydrogens is 347 g/mol. The Labute approximate surface area is 149 Å². The highest BCUT2D eigenvalue weighted by Crippen LogP contribution is 2.32. The molecule has 1 aromatic heterocycles. The lowest BCUT2D eigenvalue weighted by molar-refractivity contribution is 0.415. The van der Waals surface area contributed by atoms with Crippen LogP contribution >= 0.6 is 23.2 Å². The van der Waals surface area contributed by atoms with E-state index in [2.05, 4.69) is 20.6 Å². The quantitative estimate of drug-likeness (QED) is 0.648. The van der Waals surface area contributed by atoms with Gasteiger partial charge in [0, 0.05) is 11.9 Å². The number of rotatable bonds is 5. The Kier molecular flexibility index (Phi) is 5.03. The van der Waals surface area contributed by atoms with Gasteiger partial charge in [-0.15, -0.1) is 0 Å². The van der Waals surface area contributed by atoms with Crippen LogP contribution in [-0.4, -0.2) is 17.1 Å². The SMILES string of the molecule is COc1ccc(Nc2nccc(Nc3c(Cl)cccc3Cl)n2)cc1. The number of anilines is 4. The van der Waals surface area contributed by atoms with E-state index in [4.69, 9.17) is 27.9 Å². The van der Waals surface area contributed by atoms with Crippen molar-refractivity contribution in [3.63, 3.8) is 0 Å². The summed E-state index contributed by atoms with van der Waals surface area (Å²) in [5.41, 5.74) is 1.46. The molecule has 0 aliphatic carbocycles. The van der Waals surface area contributed by atoms with Gasteiger partial charge in [-0.05, 0) is 42.5 Å². The lowest BCUT2D eigenvalue weighted by Crippen LogP contribution is -2.01. The van der Waals surface area contributed by atoms with Gasteiger partial charge in [-0.25, -0.2) is 4.98 Å². The molecule has 0 unspecified atom stereocenters. The Morgan fingerprint density at radius 3 is 2.29 bits per heavy atom. The van der Waals surface area contributed by atoms with Crippen LogP contribution in [0, 0.1) is 0 Å². The average Bonchev–Trinajstić information content (AvgIpc) is 2.59. The van der Waals surface area contributed by atoms with Crippen molar-refractivity contribution < 1.29 is 4.74 Å². The second kappa shape index (κ2) is 7.38. The van der Waals surface area contributed by atoms with Crippen molar-refractivity contribution in [3.8, 4) is 5.75 Å². The van der Waals surface area contributed by atoms with Crippen molar-refractivity contribution in [1.82, 2.24) is 9.97 Å². The summed E-state index contributed by atoms with van der Waals surface area (Å²) in [5, 5.41) is 7.28. The maximum absolute atomic E-state index is 6.16. The number of aromatic nitrogens is 2. The Morgan fingerprint density at radius 1 is 0.917 bits per heavy atom. The maximum Gasteiger partial charge on any atom is 0.229 e. The van der Waals surface area contributed by atoms with Gasteiger partial charge in [0.05, 0.1) is 22.8 Å². The highest BCUT2D eigenvalue weighted by Gasteiger charge is 2.07. The first-order chi connectivity index (χ1) is 11.7. The first-order valence-corrected chi connectivity index (χ1v) is 7.86. The van der Waals surface area contributed by atoms with Gasteiger partial charge in [0.25, 0.3) is 0 Å². The van der Waals surface area contributed by atoms with Gasteiger partial charge in [-0.2, -0.15) is 4.98 Å². The molecule has 3 aromatic rings. The molecule has 0 aliphatic rings. The third-order valence-corrected chi connectivity index (χ3v) is 3.85. The van der Waals surface area contributed by atoms with E-state index in [0.717, 1.165) is 11.4 Å². The number of ether oxygens (including phenoxy) is 1. The number of hydrogen-bond acceptors (Lipinski definition) is 5. The minimum atomic E-state index is 0.452. The molecule has 2 aromatic carbocycles. The van der Waals surface area contributed by atoms with Gasteiger partial charge < -0.3 is 15.4 Å². The third-order valence-electron chi connectivity index (χ3n) is 3.22. The standard InChI is InChI=1S/C17H14Cl2N4O/c1-24-12-7-5-11(6-8-12)21-17-20-10-9-15(23-17)22-16-13(18)3-2-4-14(16)19/h2-10H,1H3,(H2,20,21,22,23). The van der Waals surface area contributed by atoms with Crippen LogP contribution in [-0.2, 0) is 0 Å². The number of benzene rings is 2. The van der Waals surface area contributed by atoms with Crippen LogP contribution in [0.2, 0.25) is 10.0 Å². The lowest BCUT2D eigenvalue weighted by atomic mass is 10.3. The topological polar surface area (TPSA) is 59.1 Å². The van der Waals surface area contributed by atoms with Gasteiger partial charge in [0.1, 0.15) is 11.6 Å². The molecule has 0 spiro atoms. The molecule has 3 rings (SSSR count). The minimum absolute atomic E-state index is 0.452. The van der Waals surface area contributed by atoms with E-state index < -0.39 is 0 Å². The monoisotopic (exact) mass is 360 g/mol. The first kappa shape index (κ1) is 16.4. The summed E-state index contributed by atoms with van der Waals surface area (Å²) in [6.45, 7) is 0. The average molecular weight is 361 g/mol. The summed E-state index contributed by atoms with van der Waals surface area (Å²) >= 11 is 12.3. The van der Waals surface area contributed by atoms with Crippen molar-refractivity contribution in [2.24, 2.45) is 0 Å². The fraction of sp³-hybridized carbons (Fsp3) is 0.0588. The Morgan fingerprint density at radius 2 is 1.62 bits per heavy atom. The summed E-state index contributed by atoms with van der Waals surface area (Å²) < 4.78 is 5.13. The van der Waals surface area contributed by atoms with Crippen molar-refractivity contribution in [3.05, 3.63) is 64.8 Å². The number of nitrogens with one attached hydrogen (secondary N) is 2.